The molecule has 1 saturated carbocycles. The Morgan fingerprint density at radius 1 is 1.18 bits per heavy atom. The predicted octanol–water partition coefficient (Wildman–Crippen LogP) is 3.94. The van der Waals surface area contributed by atoms with Crippen LogP contribution < -0.4 is 15.6 Å². The van der Waals surface area contributed by atoms with Crippen LogP contribution >= 0.6 is 11.6 Å². The Kier molecular flexibility index (Phi) is 8.10. The van der Waals surface area contributed by atoms with Crippen LogP contribution in [0.5, 0.6) is 5.75 Å². The summed E-state index contributed by atoms with van der Waals surface area (Å²) in [6.07, 6.45) is 2.52. The van der Waals surface area contributed by atoms with Crippen LogP contribution in [0, 0.1) is 5.82 Å². The van der Waals surface area contributed by atoms with Crippen molar-refractivity contribution < 1.29 is 27.8 Å². The molecule has 1 unspecified atom stereocenters. The summed E-state index contributed by atoms with van der Waals surface area (Å²) in [6.45, 7) is 3.17. The van der Waals surface area contributed by atoms with Gasteiger partial charge in [0.15, 0.2) is 0 Å². The van der Waals surface area contributed by atoms with E-state index in [0.29, 0.717) is 44.0 Å². The van der Waals surface area contributed by atoms with E-state index in [1.165, 1.54) is 36.5 Å². The van der Waals surface area contributed by atoms with Crippen molar-refractivity contribution in [2.24, 2.45) is 0 Å². The molecule has 2 N–H and O–H groups in total. The Bertz CT molecular complexity index is 1450. The molecule has 12 heteroatoms. The van der Waals surface area contributed by atoms with E-state index in [4.69, 9.17) is 16.3 Å². The number of carbonyl (C=O) groups is 1. The standard InChI is InChI=1S/C28H30ClF3N4O4/c1-28(31,32)17-2-6-20(7-3-17)40-16-19(37)14-34-8-10-35(11-9-34)33-27(39)22-15-36(18-4-5-18)25-13-23(29)24(30)12-21(25)26(22)38/h2-3,6-7,12-13,15,18-19,37H,4-5,8-11,14,16H2,1H3,(H,33,39). The number of amides is 1. The van der Waals surface area contributed by atoms with Crippen LogP contribution in [0.3, 0.4) is 0 Å². The Morgan fingerprint density at radius 2 is 1.85 bits per heavy atom. The average Bonchev–Trinajstić information content (AvgIpc) is 3.75. The monoisotopic (exact) mass is 578 g/mol. The van der Waals surface area contributed by atoms with Gasteiger partial charge in [-0.05, 0) is 49.2 Å². The molecule has 1 saturated heterocycles. The fraction of sp³-hybridized carbons (Fsp3) is 0.429. The van der Waals surface area contributed by atoms with Gasteiger partial charge in [0.25, 0.3) is 11.8 Å². The topological polar surface area (TPSA) is 87.0 Å². The van der Waals surface area contributed by atoms with Gasteiger partial charge in [-0.2, -0.15) is 0 Å². The van der Waals surface area contributed by atoms with Gasteiger partial charge in [-0.3, -0.25) is 19.9 Å². The largest absolute Gasteiger partial charge is 0.491 e. The Hall–Kier alpha value is -3.12. The second-order valence-corrected chi connectivity index (χ2v) is 10.8. The number of benzene rings is 2. The number of hydrazine groups is 1. The van der Waals surface area contributed by atoms with Gasteiger partial charge in [0.2, 0.25) is 5.43 Å². The van der Waals surface area contributed by atoms with E-state index in [2.05, 4.69) is 5.43 Å². The first-order chi connectivity index (χ1) is 19.0. The minimum Gasteiger partial charge on any atom is -0.491 e. The number of hydrogen-bond donors (Lipinski definition) is 2. The molecule has 1 amide bonds. The number of halogens is 4. The van der Waals surface area contributed by atoms with Gasteiger partial charge in [-0.1, -0.05) is 11.6 Å². The average molecular weight is 579 g/mol. The third-order valence-electron chi connectivity index (χ3n) is 7.16. The Balaban J connectivity index is 1.14. The first-order valence-corrected chi connectivity index (χ1v) is 13.5. The van der Waals surface area contributed by atoms with Crippen molar-refractivity contribution in [1.29, 1.82) is 0 Å². The number of alkyl halides is 2. The molecular formula is C28H30ClF3N4O4. The van der Waals surface area contributed by atoms with Crippen LogP contribution in [-0.4, -0.2) is 70.9 Å². The van der Waals surface area contributed by atoms with Gasteiger partial charge in [0.1, 0.15) is 29.8 Å². The molecule has 1 aliphatic carbocycles. The highest BCUT2D eigenvalue weighted by atomic mass is 35.5. The molecule has 0 spiro atoms. The van der Waals surface area contributed by atoms with E-state index >= 15 is 0 Å². The van der Waals surface area contributed by atoms with Gasteiger partial charge >= 0.3 is 0 Å². The highest BCUT2D eigenvalue weighted by molar-refractivity contribution is 6.31. The second kappa shape index (κ2) is 11.4. The van der Waals surface area contributed by atoms with Crippen molar-refractivity contribution in [2.45, 2.75) is 37.8 Å². The number of pyridine rings is 1. The molecule has 40 heavy (non-hydrogen) atoms. The van der Waals surface area contributed by atoms with Crippen LogP contribution in [-0.2, 0) is 5.92 Å². The number of carbonyl (C=O) groups excluding carboxylic acids is 1. The lowest BCUT2D eigenvalue weighted by molar-refractivity contribution is 0.0173. The third-order valence-corrected chi connectivity index (χ3v) is 7.45. The molecule has 2 fully saturated rings. The zero-order chi connectivity index (χ0) is 28.6. The van der Waals surface area contributed by atoms with Crippen LogP contribution in [0.2, 0.25) is 5.02 Å². The summed E-state index contributed by atoms with van der Waals surface area (Å²) in [6, 6.07) is 8.13. The predicted molar refractivity (Wildman–Crippen MR) is 144 cm³/mol. The van der Waals surface area contributed by atoms with E-state index in [1.807, 2.05) is 9.47 Å². The quantitative estimate of drug-likeness (QED) is 0.400. The van der Waals surface area contributed by atoms with E-state index in [-0.39, 0.29) is 34.2 Å². The highest BCUT2D eigenvalue weighted by Gasteiger charge is 2.29. The lowest BCUT2D eigenvalue weighted by Gasteiger charge is -2.35. The molecule has 214 valence electrons. The first kappa shape index (κ1) is 28.4. The third kappa shape index (κ3) is 6.43. The molecule has 2 aliphatic rings. The zero-order valence-corrected chi connectivity index (χ0v) is 22.6. The number of hydrogen-bond acceptors (Lipinski definition) is 6. The lowest BCUT2D eigenvalue weighted by Crippen LogP contribution is -2.55. The Morgan fingerprint density at radius 3 is 2.48 bits per heavy atom. The van der Waals surface area contributed by atoms with Gasteiger partial charge in [0, 0.05) is 62.8 Å². The number of nitrogens with zero attached hydrogens (tertiary/aromatic N) is 3. The number of rotatable bonds is 9. The summed E-state index contributed by atoms with van der Waals surface area (Å²) in [7, 11) is 0. The molecule has 1 aromatic heterocycles. The first-order valence-electron chi connectivity index (χ1n) is 13.1. The fourth-order valence-electron chi connectivity index (χ4n) is 4.79. The highest BCUT2D eigenvalue weighted by Crippen LogP contribution is 2.37. The number of piperazine rings is 1. The SMILES string of the molecule is CC(F)(F)c1ccc(OCC(O)CN2CCN(NC(=O)c3cn(C4CC4)c4cc(Cl)c(F)cc4c3=O)CC2)cc1. The molecule has 3 aromatic rings. The molecule has 2 heterocycles. The maximum atomic E-state index is 14.2. The minimum absolute atomic E-state index is 0.000143. The number of ether oxygens (including phenoxy) is 1. The summed E-state index contributed by atoms with van der Waals surface area (Å²) in [5.41, 5.74) is 2.56. The molecule has 2 aromatic carbocycles. The van der Waals surface area contributed by atoms with Crippen molar-refractivity contribution in [2.75, 3.05) is 39.3 Å². The van der Waals surface area contributed by atoms with E-state index < -0.39 is 29.2 Å². The number of nitrogens with one attached hydrogen (secondary N) is 1. The van der Waals surface area contributed by atoms with Crippen LogP contribution in [0.4, 0.5) is 13.2 Å². The summed E-state index contributed by atoms with van der Waals surface area (Å²) in [4.78, 5) is 28.2. The Labute approximate surface area is 233 Å². The maximum absolute atomic E-state index is 14.2. The molecule has 5 rings (SSSR count). The van der Waals surface area contributed by atoms with Gasteiger partial charge in [-0.15, -0.1) is 0 Å². The zero-order valence-electron chi connectivity index (χ0n) is 21.9. The van der Waals surface area contributed by atoms with Crippen molar-refractivity contribution >= 4 is 28.4 Å². The summed E-state index contributed by atoms with van der Waals surface area (Å²) < 4.78 is 48.2. The van der Waals surface area contributed by atoms with Crippen molar-refractivity contribution in [1.82, 2.24) is 19.9 Å². The lowest BCUT2D eigenvalue weighted by atomic mass is 10.1. The number of aliphatic hydroxyl groups excluding tert-OH is 1. The summed E-state index contributed by atoms with van der Waals surface area (Å²) >= 11 is 5.95. The van der Waals surface area contributed by atoms with Gasteiger partial charge in [-0.25, -0.2) is 18.2 Å². The summed E-state index contributed by atoms with van der Waals surface area (Å²) in [5.74, 6) is -3.82. The van der Waals surface area contributed by atoms with Crippen molar-refractivity contribution in [3.05, 3.63) is 74.8 Å². The van der Waals surface area contributed by atoms with Crippen LogP contribution in [0.1, 0.15) is 41.7 Å². The molecular weight excluding hydrogens is 549 g/mol. The number of fused-ring (bicyclic) bond motifs is 1. The van der Waals surface area contributed by atoms with E-state index in [1.54, 1.807) is 5.01 Å². The van der Waals surface area contributed by atoms with Crippen LogP contribution in [0.25, 0.3) is 10.9 Å². The minimum atomic E-state index is -2.93. The normalized spacial score (nSPS) is 17.6. The molecule has 1 atom stereocenters. The van der Waals surface area contributed by atoms with E-state index in [9.17, 15) is 27.9 Å². The summed E-state index contributed by atoms with van der Waals surface area (Å²) in [5, 5.41) is 12.1. The molecule has 0 bridgehead atoms. The molecule has 1 aliphatic heterocycles. The van der Waals surface area contributed by atoms with Crippen molar-refractivity contribution in [3.8, 4) is 5.75 Å². The van der Waals surface area contributed by atoms with Gasteiger partial charge in [0.05, 0.1) is 10.5 Å². The molecule has 0 radical (unpaired) electrons. The van der Waals surface area contributed by atoms with E-state index in [0.717, 1.165) is 25.8 Å². The number of aromatic nitrogens is 1. The van der Waals surface area contributed by atoms with Gasteiger partial charge < -0.3 is 14.4 Å². The number of aliphatic hydroxyl groups is 1. The van der Waals surface area contributed by atoms with Crippen LogP contribution in [0.15, 0.2) is 47.4 Å². The maximum Gasteiger partial charge on any atom is 0.271 e. The smallest absolute Gasteiger partial charge is 0.271 e. The van der Waals surface area contributed by atoms with Crippen molar-refractivity contribution in [3.63, 3.8) is 0 Å². The fourth-order valence-corrected chi connectivity index (χ4v) is 4.95. The number of β-amino-alcohol motifs (C(OH)–C–C–N with tert-alkyl or cyclic N) is 1. The second-order valence-electron chi connectivity index (χ2n) is 10.4. The molecule has 8 nitrogen and oxygen atoms in total.